The lowest BCUT2D eigenvalue weighted by Gasteiger charge is -2.13. The molecule has 0 atom stereocenters. The van der Waals surface area contributed by atoms with E-state index >= 15 is 0 Å². The Morgan fingerprint density at radius 1 is 1.57 bits per heavy atom. The standard InChI is InChI=1S/C10H15N3O/c1-4-12-9-5-6-11-7-8(9)10(14)13(2)3/h5-7H,4H2,1-3H3,(H,11,12). The molecule has 1 heterocycles. The summed E-state index contributed by atoms with van der Waals surface area (Å²) < 4.78 is 0. The lowest BCUT2D eigenvalue weighted by Crippen LogP contribution is -2.23. The molecule has 1 aromatic rings. The summed E-state index contributed by atoms with van der Waals surface area (Å²) in [7, 11) is 3.45. The molecule has 4 heteroatoms. The lowest BCUT2D eigenvalue weighted by molar-refractivity contribution is 0.0828. The molecule has 1 N–H and O–H groups in total. The second-order valence-electron chi connectivity index (χ2n) is 3.15. The summed E-state index contributed by atoms with van der Waals surface area (Å²) in [5.74, 6) is -0.0333. The van der Waals surface area contributed by atoms with Crippen LogP contribution in [0.15, 0.2) is 18.5 Å². The van der Waals surface area contributed by atoms with Gasteiger partial charge in [-0.2, -0.15) is 0 Å². The first kappa shape index (κ1) is 10.5. The Morgan fingerprint density at radius 3 is 2.86 bits per heavy atom. The van der Waals surface area contributed by atoms with Crippen LogP contribution in [0.4, 0.5) is 5.69 Å². The Morgan fingerprint density at radius 2 is 2.29 bits per heavy atom. The fourth-order valence-corrected chi connectivity index (χ4v) is 1.15. The van der Waals surface area contributed by atoms with Crippen molar-refractivity contribution in [3.63, 3.8) is 0 Å². The molecule has 76 valence electrons. The Bertz CT molecular complexity index is 323. The lowest BCUT2D eigenvalue weighted by atomic mass is 10.2. The van der Waals surface area contributed by atoms with E-state index in [2.05, 4.69) is 10.3 Å². The zero-order valence-corrected chi connectivity index (χ0v) is 8.74. The van der Waals surface area contributed by atoms with E-state index < -0.39 is 0 Å². The molecule has 1 rings (SSSR count). The summed E-state index contributed by atoms with van der Waals surface area (Å²) in [5, 5.41) is 3.12. The van der Waals surface area contributed by atoms with E-state index in [-0.39, 0.29) is 5.91 Å². The number of pyridine rings is 1. The number of hydrogen-bond acceptors (Lipinski definition) is 3. The number of anilines is 1. The van der Waals surface area contributed by atoms with E-state index in [1.54, 1.807) is 32.6 Å². The van der Waals surface area contributed by atoms with Gasteiger partial charge in [-0.25, -0.2) is 0 Å². The second-order valence-corrected chi connectivity index (χ2v) is 3.15. The molecular formula is C10H15N3O. The molecule has 0 aliphatic rings. The molecule has 4 nitrogen and oxygen atoms in total. The largest absolute Gasteiger partial charge is 0.385 e. The topological polar surface area (TPSA) is 45.2 Å². The van der Waals surface area contributed by atoms with Gasteiger partial charge in [-0.3, -0.25) is 9.78 Å². The maximum Gasteiger partial charge on any atom is 0.257 e. The molecule has 0 spiro atoms. The normalized spacial score (nSPS) is 9.64. The quantitative estimate of drug-likeness (QED) is 0.785. The minimum Gasteiger partial charge on any atom is -0.385 e. The summed E-state index contributed by atoms with van der Waals surface area (Å²) in [6.45, 7) is 2.78. The number of aromatic nitrogens is 1. The number of carbonyl (C=O) groups is 1. The van der Waals surface area contributed by atoms with Gasteiger partial charge in [0.25, 0.3) is 5.91 Å². The third kappa shape index (κ3) is 2.22. The fraction of sp³-hybridized carbons (Fsp3) is 0.400. The summed E-state index contributed by atoms with van der Waals surface area (Å²) in [6.07, 6.45) is 3.25. The molecule has 0 radical (unpaired) electrons. The van der Waals surface area contributed by atoms with Crippen molar-refractivity contribution in [1.29, 1.82) is 0 Å². The minimum atomic E-state index is -0.0333. The van der Waals surface area contributed by atoms with E-state index in [4.69, 9.17) is 0 Å². The highest BCUT2D eigenvalue weighted by atomic mass is 16.2. The number of hydrogen-bond donors (Lipinski definition) is 1. The van der Waals surface area contributed by atoms with Crippen molar-refractivity contribution < 1.29 is 4.79 Å². The molecule has 1 amide bonds. The average molecular weight is 193 g/mol. The molecule has 14 heavy (non-hydrogen) atoms. The Hall–Kier alpha value is -1.58. The van der Waals surface area contributed by atoms with Crippen LogP contribution in [0.1, 0.15) is 17.3 Å². The van der Waals surface area contributed by atoms with Gasteiger partial charge in [-0.05, 0) is 13.0 Å². The van der Waals surface area contributed by atoms with Gasteiger partial charge in [-0.1, -0.05) is 0 Å². The zero-order chi connectivity index (χ0) is 10.6. The molecule has 0 saturated carbocycles. The third-order valence-corrected chi connectivity index (χ3v) is 1.82. The van der Waals surface area contributed by atoms with Crippen LogP contribution < -0.4 is 5.32 Å². The van der Waals surface area contributed by atoms with Crippen molar-refractivity contribution in [2.75, 3.05) is 26.0 Å². The van der Waals surface area contributed by atoms with Gasteiger partial charge in [0, 0.05) is 33.0 Å². The Labute approximate surface area is 83.9 Å². The maximum atomic E-state index is 11.7. The second kappa shape index (κ2) is 4.60. The van der Waals surface area contributed by atoms with Crippen LogP contribution >= 0.6 is 0 Å². The van der Waals surface area contributed by atoms with Crippen LogP contribution in [0.2, 0.25) is 0 Å². The van der Waals surface area contributed by atoms with E-state index in [0.717, 1.165) is 12.2 Å². The van der Waals surface area contributed by atoms with Gasteiger partial charge < -0.3 is 10.2 Å². The highest BCUT2D eigenvalue weighted by molar-refractivity contribution is 5.98. The van der Waals surface area contributed by atoms with Crippen molar-refractivity contribution in [2.45, 2.75) is 6.92 Å². The van der Waals surface area contributed by atoms with Gasteiger partial charge in [0.05, 0.1) is 11.3 Å². The van der Waals surface area contributed by atoms with Gasteiger partial charge in [0.15, 0.2) is 0 Å². The van der Waals surface area contributed by atoms with E-state index in [1.165, 1.54) is 4.90 Å². The molecule has 0 bridgehead atoms. The molecule has 0 unspecified atom stereocenters. The Kier molecular flexibility index (Phi) is 3.45. The molecule has 0 saturated heterocycles. The van der Waals surface area contributed by atoms with Crippen molar-refractivity contribution in [3.05, 3.63) is 24.0 Å². The maximum absolute atomic E-state index is 11.7. The molecule has 0 aliphatic heterocycles. The number of nitrogens with zero attached hydrogens (tertiary/aromatic N) is 2. The van der Waals surface area contributed by atoms with Crippen molar-refractivity contribution >= 4 is 11.6 Å². The third-order valence-electron chi connectivity index (χ3n) is 1.82. The summed E-state index contributed by atoms with van der Waals surface area (Å²) >= 11 is 0. The molecule has 0 aromatic carbocycles. The van der Waals surface area contributed by atoms with Gasteiger partial charge >= 0.3 is 0 Å². The van der Waals surface area contributed by atoms with Crippen molar-refractivity contribution in [2.24, 2.45) is 0 Å². The van der Waals surface area contributed by atoms with Crippen LogP contribution in [-0.4, -0.2) is 36.4 Å². The SMILES string of the molecule is CCNc1ccncc1C(=O)N(C)C. The molecule has 1 aromatic heterocycles. The smallest absolute Gasteiger partial charge is 0.257 e. The number of carbonyl (C=O) groups excluding carboxylic acids is 1. The first-order valence-electron chi connectivity index (χ1n) is 4.56. The number of nitrogens with one attached hydrogen (secondary N) is 1. The van der Waals surface area contributed by atoms with Gasteiger partial charge in [0.2, 0.25) is 0 Å². The van der Waals surface area contributed by atoms with E-state index in [9.17, 15) is 4.79 Å². The van der Waals surface area contributed by atoms with Crippen molar-refractivity contribution in [1.82, 2.24) is 9.88 Å². The summed E-state index contributed by atoms with van der Waals surface area (Å²) in [4.78, 5) is 17.2. The highest BCUT2D eigenvalue weighted by Gasteiger charge is 2.12. The van der Waals surface area contributed by atoms with Gasteiger partial charge in [-0.15, -0.1) is 0 Å². The van der Waals surface area contributed by atoms with Crippen LogP contribution in [0.25, 0.3) is 0 Å². The van der Waals surface area contributed by atoms with Crippen molar-refractivity contribution in [3.8, 4) is 0 Å². The van der Waals surface area contributed by atoms with Gasteiger partial charge in [0.1, 0.15) is 0 Å². The predicted molar refractivity (Wildman–Crippen MR) is 56.4 cm³/mol. The highest BCUT2D eigenvalue weighted by Crippen LogP contribution is 2.14. The summed E-state index contributed by atoms with van der Waals surface area (Å²) in [6, 6.07) is 1.81. The van der Waals surface area contributed by atoms with Crippen LogP contribution in [0, 0.1) is 0 Å². The van der Waals surface area contributed by atoms with Crippen LogP contribution in [-0.2, 0) is 0 Å². The van der Waals surface area contributed by atoms with Crippen LogP contribution in [0.5, 0.6) is 0 Å². The zero-order valence-electron chi connectivity index (χ0n) is 8.74. The molecule has 0 aliphatic carbocycles. The first-order valence-corrected chi connectivity index (χ1v) is 4.56. The minimum absolute atomic E-state index is 0.0333. The first-order chi connectivity index (χ1) is 6.66. The monoisotopic (exact) mass is 193 g/mol. The summed E-state index contributed by atoms with van der Waals surface area (Å²) in [5.41, 5.74) is 1.44. The fourth-order valence-electron chi connectivity index (χ4n) is 1.15. The van der Waals surface area contributed by atoms with E-state index in [1.807, 2.05) is 6.92 Å². The predicted octanol–water partition coefficient (Wildman–Crippen LogP) is 1.22. The Balaban J connectivity index is 3.00. The van der Waals surface area contributed by atoms with Crippen LogP contribution in [0.3, 0.4) is 0 Å². The average Bonchev–Trinajstić information content (AvgIpc) is 2.18. The van der Waals surface area contributed by atoms with E-state index in [0.29, 0.717) is 5.56 Å². The number of rotatable bonds is 3. The molecular weight excluding hydrogens is 178 g/mol. The molecule has 0 fully saturated rings. The number of amides is 1.